The van der Waals surface area contributed by atoms with Crippen LogP contribution in [0.4, 0.5) is 10.1 Å². The number of hydrogen-bond donors (Lipinski definition) is 1. The summed E-state index contributed by atoms with van der Waals surface area (Å²) in [6, 6.07) is 16.4. The second kappa shape index (κ2) is 12.4. The lowest BCUT2D eigenvalue weighted by molar-refractivity contribution is -0.140. The van der Waals surface area contributed by atoms with Crippen LogP contribution in [0, 0.1) is 5.82 Å². The van der Waals surface area contributed by atoms with E-state index in [2.05, 4.69) is 5.32 Å². The summed E-state index contributed by atoms with van der Waals surface area (Å²) in [5, 5.41) is 3.37. The van der Waals surface area contributed by atoms with Crippen LogP contribution in [0.25, 0.3) is 0 Å². The Kier molecular flexibility index (Phi) is 9.64. The van der Waals surface area contributed by atoms with Crippen LogP contribution in [-0.4, -0.2) is 43.3 Å². The molecule has 7 nitrogen and oxygen atoms in total. The predicted molar refractivity (Wildman–Crippen MR) is 152 cm³/mol. The van der Waals surface area contributed by atoms with E-state index in [1.54, 1.807) is 45.0 Å². The molecule has 0 aliphatic carbocycles. The maximum atomic E-state index is 14.9. The molecule has 0 heterocycles. The Bertz CT molecular complexity index is 1430. The van der Waals surface area contributed by atoms with Crippen LogP contribution in [0.2, 0.25) is 10.0 Å². The van der Waals surface area contributed by atoms with E-state index in [4.69, 9.17) is 23.2 Å². The molecule has 0 saturated heterocycles. The first-order valence-corrected chi connectivity index (χ1v) is 14.3. The number of hydrogen-bond acceptors (Lipinski definition) is 4. The quantitative estimate of drug-likeness (QED) is 0.347. The monoisotopic (exact) mass is 593 g/mol. The van der Waals surface area contributed by atoms with Crippen molar-refractivity contribution in [3.8, 4) is 0 Å². The van der Waals surface area contributed by atoms with Gasteiger partial charge >= 0.3 is 0 Å². The molecule has 0 aliphatic rings. The Morgan fingerprint density at radius 1 is 0.923 bits per heavy atom. The number of carbonyl (C=O) groups is 2. The van der Waals surface area contributed by atoms with Crippen LogP contribution in [0.15, 0.2) is 77.7 Å². The van der Waals surface area contributed by atoms with Crippen molar-refractivity contribution in [2.45, 2.75) is 50.7 Å². The standard InChI is InChI=1S/C28H30Cl2FN3O4S/c1-19(27(36)32-28(2,3)4)33(17-21-22(29)13-10-14-23(21)30)26(35)18-34(25-16-9-8-15-24(25)31)39(37,38)20-11-6-5-7-12-20/h5-16,19H,17-18H2,1-4H3,(H,32,36). The highest BCUT2D eigenvalue weighted by Crippen LogP contribution is 2.29. The highest BCUT2D eigenvalue weighted by molar-refractivity contribution is 7.92. The number of amides is 2. The molecule has 0 aromatic heterocycles. The first-order chi connectivity index (χ1) is 18.2. The molecule has 0 aliphatic heterocycles. The summed E-state index contributed by atoms with van der Waals surface area (Å²) >= 11 is 12.7. The molecule has 1 unspecified atom stereocenters. The van der Waals surface area contributed by atoms with E-state index in [0.717, 1.165) is 6.07 Å². The lowest BCUT2D eigenvalue weighted by Gasteiger charge is -2.33. The number of benzene rings is 3. The lowest BCUT2D eigenvalue weighted by Crippen LogP contribution is -2.54. The molecule has 0 bridgehead atoms. The van der Waals surface area contributed by atoms with E-state index < -0.39 is 45.8 Å². The first kappa shape index (κ1) is 30.4. The molecule has 11 heteroatoms. The zero-order valence-corrected chi connectivity index (χ0v) is 24.3. The third-order valence-corrected chi connectivity index (χ3v) is 8.27. The van der Waals surface area contributed by atoms with Crippen molar-refractivity contribution in [2.75, 3.05) is 10.8 Å². The van der Waals surface area contributed by atoms with Gasteiger partial charge < -0.3 is 10.2 Å². The van der Waals surface area contributed by atoms with Crippen LogP contribution in [0.1, 0.15) is 33.3 Å². The maximum absolute atomic E-state index is 14.9. The van der Waals surface area contributed by atoms with E-state index in [9.17, 15) is 22.4 Å². The Balaban J connectivity index is 2.08. The van der Waals surface area contributed by atoms with E-state index in [1.165, 1.54) is 54.3 Å². The van der Waals surface area contributed by atoms with Gasteiger partial charge in [-0.15, -0.1) is 0 Å². The summed E-state index contributed by atoms with van der Waals surface area (Å²) in [5.74, 6) is -2.06. The predicted octanol–water partition coefficient (Wildman–Crippen LogP) is 5.66. The fourth-order valence-corrected chi connectivity index (χ4v) is 5.76. The zero-order valence-electron chi connectivity index (χ0n) is 22.0. The second-order valence-corrected chi connectivity index (χ2v) is 12.6. The SMILES string of the molecule is CC(C(=O)NC(C)(C)C)N(Cc1c(Cl)cccc1Cl)C(=O)CN(c1ccccc1F)S(=O)(=O)c1ccccc1. The Morgan fingerprint density at radius 2 is 1.49 bits per heavy atom. The minimum absolute atomic E-state index is 0.125. The van der Waals surface area contributed by atoms with Crippen molar-refractivity contribution >= 4 is 50.7 Å². The highest BCUT2D eigenvalue weighted by atomic mass is 35.5. The van der Waals surface area contributed by atoms with Crippen molar-refractivity contribution in [1.82, 2.24) is 10.2 Å². The number of carbonyl (C=O) groups excluding carboxylic acids is 2. The molecule has 1 N–H and O–H groups in total. The van der Waals surface area contributed by atoms with Crippen LogP contribution in [0.5, 0.6) is 0 Å². The molecule has 0 fully saturated rings. The fraction of sp³-hybridized carbons (Fsp3) is 0.286. The van der Waals surface area contributed by atoms with Gasteiger partial charge in [-0.2, -0.15) is 0 Å². The first-order valence-electron chi connectivity index (χ1n) is 12.1. The van der Waals surface area contributed by atoms with Gasteiger partial charge in [0.05, 0.1) is 10.6 Å². The van der Waals surface area contributed by atoms with Gasteiger partial charge in [0, 0.05) is 27.7 Å². The summed E-state index contributed by atoms with van der Waals surface area (Å²) in [6.07, 6.45) is 0. The second-order valence-electron chi connectivity index (χ2n) is 9.91. The van der Waals surface area contributed by atoms with Crippen molar-refractivity contribution in [3.05, 3.63) is 94.2 Å². The molecule has 208 valence electrons. The number of rotatable bonds is 9. The zero-order chi connectivity index (χ0) is 29.0. The molecule has 0 saturated carbocycles. The van der Waals surface area contributed by atoms with Gasteiger partial charge in [0.1, 0.15) is 18.4 Å². The largest absolute Gasteiger partial charge is 0.350 e. The maximum Gasteiger partial charge on any atom is 0.264 e. The third-order valence-electron chi connectivity index (χ3n) is 5.79. The number of anilines is 1. The van der Waals surface area contributed by atoms with Gasteiger partial charge in [0.25, 0.3) is 10.0 Å². The molecule has 2 amide bonds. The van der Waals surface area contributed by atoms with Gasteiger partial charge in [-0.3, -0.25) is 13.9 Å². The molecule has 0 radical (unpaired) electrons. The molecule has 3 aromatic carbocycles. The van der Waals surface area contributed by atoms with E-state index in [1.807, 2.05) is 0 Å². The van der Waals surface area contributed by atoms with Gasteiger partial charge in [0.15, 0.2) is 0 Å². The lowest BCUT2D eigenvalue weighted by atomic mass is 10.1. The summed E-state index contributed by atoms with van der Waals surface area (Å²) in [6.45, 7) is 5.92. The van der Waals surface area contributed by atoms with E-state index >= 15 is 0 Å². The van der Waals surface area contributed by atoms with Gasteiger partial charge in [-0.1, -0.05) is 59.6 Å². The van der Waals surface area contributed by atoms with Gasteiger partial charge in [-0.25, -0.2) is 12.8 Å². The summed E-state index contributed by atoms with van der Waals surface area (Å²) in [7, 11) is -4.38. The normalized spacial score (nSPS) is 12.5. The van der Waals surface area contributed by atoms with Crippen molar-refractivity contribution < 1.29 is 22.4 Å². The Morgan fingerprint density at radius 3 is 2.05 bits per heavy atom. The minimum Gasteiger partial charge on any atom is -0.350 e. The summed E-state index contributed by atoms with van der Waals surface area (Å²) in [5.41, 5.74) is -0.525. The van der Waals surface area contributed by atoms with Crippen LogP contribution in [-0.2, 0) is 26.2 Å². The average Bonchev–Trinajstić information content (AvgIpc) is 2.86. The third kappa shape index (κ3) is 7.50. The van der Waals surface area contributed by atoms with Crippen molar-refractivity contribution in [2.24, 2.45) is 0 Å². The molecular formula is C28H30Cl2FN3O4S. The number of para-hydroxylation sites is 1. The minimum atomic E-state index is -4.38. The average molecular weight is 595 g/mol. The Labute approximate surface area is 238 Å². The van der Waals surface area contributed by atoms with E-state index in [-0.39, 0.29) is 27.2 Å². The smallest absolute Gasteiger partial charge is 0.264 e. The topological polar surface area (TPSA) is 86.8 Å². The van der Waals surface area contributed by atoms with Crippen LogP contribution >= 0.6 is 23.2 Å². The van der Waals surface area contributed by atoms with E-state index in [0.29, 0.717) is 9.87 Å². The van der Waals surface area contributed by atoms with Gasteiger partial charge in [0.2, 0.25) is 11.8 Å². The summed E-state index contributed by atoms with van der Waals surface area (Å²) in [4.78, 5) is 28.1. The molecule has 0 spiro atoms. The van der Waals surface area contributed by atoms with Crippen molar-refractivity contribution in [3.63, 3.8) is 0 Å². The summed E-state index contributed by atoms with van der Waals surface area (Å²) < 4.78 is 43.0. The molecule has 3 rings (SSSR count). The molecular weight excluding hydrogens is 564 g/mol. The molecule has 39 heavy (non-hydrogen) atoms. The molecule has 1 atom stereocenters. The number of nitrogens with zero attached hydrogens (tertiary/aromatic N) is 2. The number of nitrogens with one attached hydrogen (secondary N) is 1. The fourth-order valence-electron chi connectivity index (χ4n) is 3.80. The van der Waals surface area contributed by atoms with Crippen molar-refractivity contribution in [1.29, 1.82) is 0 Å². The number of halogens is 3. The van der Waals surface area contributed by atoms with Crippen LogP contribution in [0.3, 0.4) is 0 Å². The number of sulfonamides is 1. The molecule has 3 aromatic rings. The Hall–Kier alpha value is -3.14. The highest BCUT2D eigenvalue weighted by Gasteiger charge is 2.34. The van der Waals surface area contributed by atoms with Gasteiger partial charge in [-0.05, 0) is 64.1 Å². The van der Waals surface area contributed by atoms with Crippen LogP contribution < -0.4 is 9.62 Å².